The van der Waals surface area contributed by atoms with E-state index in [1.165, 1.54) is 12.1 Å². The third kappa shape index (κ3) is 6.61. The molecule has 0 amide bonds. The highest BCUT2D eigenvalue weighted by Crippen LogP contribution is 2.32. The minimum absolute atomic E-state index is 0.0107. The average Bonchev–Trinajstić information content (AvgIpc) is 3.06. The third-order valence-electron chi connectivity index (χ3n) is 5.85. The fourth-order valence-corrected chi connectivity index (χ4v) is 7.41. The predicted octanol–water partition coefficient (Wildman–Crippen LogP) is 4.47. The van der Waals surface area contributed by atoms with Gasteiger partial charge in [0, 0.05) is 17.1 Å². The first kappa shape index (κ1) is 27.8. The molecule has 2 unspecified atom stereocenters. The van der Waals surface area contributed by atoms with Crippen molar-refractivity contribution in [1.29, 1.82) is 0 Å². The topological polar surface area (TPSA) is 130 Å². The molecule has 200 valence electrons. The molecule has 9 nitrogen and oxygen atoms in total. The van der Waals surface area contributed by atoms with Gasteiger partial charge in [-0.05, 0) is 35.7 Å². The molecule has 1 aliphatic heterocycles. The molecule has 3 aromatic carbocycles. The van der Waals surface area contributed by atoms with Crippen LogP contribution in [-0.2, 0) is 30.5 Å². The SMILES string of the molecule is O=C(O)OC1C(NS(=O)(=O)Cc2ccccc2)CC=CCN1S(=O)(=O)c1ccccc1-c1ccc(Cl)cc1. The molecule has 4 rings (SSSR count). The summed E-state index contributed by atoms with van der Waals surface area (Å²) in [6.45, 7) is -0.230. The molecular formula is C26H25ClN2O7S2. The van der Waals surface area contributed by atoms with Crippen molar-refractivity contribution in [1.82, 2.24) is 9.03 Å². The van der Waals surface area contributed by atoms with Crippen molar-refractivity contribution in [2.24, 2.45) is 0 Å². The van der Waals surface area contributed by atoms with Gasteiger partial charge in [0.2, 0.25) is 20.0 Å². The molecule has 0 radical (unpaired) electrons. The van der Waals surface area contributed by atoms with Crippen molar-refractivity contribution in [2.45, 2.75) is 29.3 Å². The summed E-state index contributed by atoms with van der Waals surface area (Å²) in [4.78, 5) is 11.6. The molecule has 1 aliphatic rings. The lowest BCUT2D eigenvalue weighted by atomic mass is 10.1. The van der Waals surface area contributed by atoms with Crippen LogP contribution in [0.15, 0.2) is 95.9 Å². The molecule has 3 aromatic rings. The second kappa shape index (κ2) is 11.7. The van der Waals surface area contributed by atoms with Crippen molar-refractivity contribution < 1.29 is 31.5 Å². The summed E-state index contributed by atoms with van der Waals surface area (Å²) in [5, 5.41) is 9.95. The van der Waals surface area contributed by atoms with Gasteiger partial charge in [0.25, 0.3) is 0 Å². The van der Waals surface area contributed by atoms with Crippen LogP contribution >= 0.6 is 11.6 Å². The van der Waals surface area contributed by atoms with Crippen LogP contribution in [0, 0.1) is 0 Å². The van der Waals surface area contributed by atoms with Gasteiger partial charge < -0.3 is 9.84 Å². The lowest BCUT2D eigenvalue weighted by Crippen LogP contribution is -2.54. The number of nitrogens with zero attached hydrogens (tertiary/aromatic N) is 1. The summed E-state index contributed by atoms with van der Waals surface area (Å²) in [5.74, 6) is -0.375. The van der Waals surface area contributed by atoms with Gasteiger partial charge >= 0.3 is 6.16 Å². The molecule has 12 heteroatoms. The number of carbonyl (C=O) groups is 1. The summed E-state index contributed by atoms with van der Waals surface area (Å²) in [6.07, 6.45) is -0.274. The molecule has 0 saturated carbocycles. The van der Waals surface area contributed by atoms with Crippen LogP contribution in [-0.4, -0.2) is 51.2 Å². The maximum absolute atomic E-state index is 14.0. The Kier molecular flexibility index (Phi) is 8.54. The van der Waals surface area contributed by atoms with Gasteiger partial charge in [-0.15, -0.1) is 0 Å². The number of benzene rings is 3. The zero-order valence-corrected chi connectivity index (χ0v) is 22.4. The zero-order valence-electron chi connectivity index (χ0n) is 20.0. The second-order valence-corrected chi connectivity index (χ2v) is 12.6. The highest BCUT2D eigenvalue weighted by Gasteiger charge is 2.41. The van der Waals surface area contributed by atoms with E-state index >= 15 is 0 Å². The molecule has 0 aromatic heterocycles. The van der Waals surface area contributed by atoms with Crippen molar-refractivity contribution >= 4 is 37.8 Å². The van der Waals surface area contributed by atoms with Gasteiger partial charge in [-0.25, -0.2) is 26.4 Å². The minimum atomic E-state index is -4.39. The number of hydrogen-bond acceptors (Lipinski definition) is 6. The molecule has 0 aliphatic carbocycles. The highest BCUT2D eigenvalue weighted by molar-refractivity contribution is 7.89. The van der Waals surface area contributed by atoms with Gasteiger partial charge in [0.15, 0.2) is 6.23 Å². The Hall–Kier alpha value is -3.22. The summed E-state index contributed by atoms with van der Waals surface area (Å²) >= 11 is 5.99. The Morgan fingerprint density at radius 1 is 0.947 bits per heavy atom. The summed E-state index contributed by atoms with van der Waals surface area (Å²) in [7, 11) is -8.39. The summed E-state index contributed by atoms with van der Waals surface area (Å²) in [5.41, 5.74) is 1.46. The number of rotatable bonds is 8. The van der Waals surface area contributed by atoms with Gasteiger partial charge in [0.05, 0.1) is 16.7 Å². The molecule has 0 bridgehead atoms. The van der Waals surface area contributed by atoms with Crippen molar-refractivity contribution in [3.05, 3.63) is 102 Å². The predicted molar refractivity (Wildman–Crippen MR) is 143 cm³/mol. The van der Waals surface area contributed by atoms with E-state index in [-0.39, 0.29) is 23.6 Å². The van der Waals surface area contributed by atoms with E-state index in [1.54, 1.807) is 78.9 Å². The first-order valence-corrected chi connectivity index (χ1v) is 15.0. The van der Waals surface area contributed by atoms with Crippen LogP contribution in [0.1, 0.15) is 12.0 Å². The van der Waals surface area contributed by atoms with Crippen LogP contribution in [0.25, 0.3) is 11.1 Å². The van der Waals surface area contributed by atoms with Crippen LogP contribution in [0.4, 0.5) is 4.79 Å². The molecular weight excluding hydrogens is 552 g/mol. The van der Waals surface area contributed by atoms with E-state index in [0.717, 1.165) is 4.31 Å². The second-order valence-electron chi connectivity index (χ2n) is 8.53. The Balaban J connectivity index is 1.72. The van der Waals surface area contributed by atoms with Crippen molar-refractivity contribution in [3.63, 3.8) is 0 Å². The Bertz CT molecular complexity index is 1530. The molecule has 38 heavy (non-hydrogen) atoms. The monoisotopic (exact) mass is 576 g/mol. The number of carboxylic acid groups (broad SMARTS) is 1. The average molecular weight is 577 g/mol. The fourth-order valence-electron chi connectivity index (χ4n) is 4.18. The molecule has 0 fully saturated rings. The standard InChI is InChI=1S/C26H25ClN2O7S2/c27-21-15-13-20(14-16-21)22-10-4-5-12-24(22)38(34,35)29-17-7-6-11-23(25(29)36-26(30)31)28-37(32,33)18-19-8-2-1-3-9-19/h1-10,12-16,23,25,28H,11,17-18H2,(H,30,31). The van der Waals surface area contributed by atoms with Crippen molar-refractivity contribution in [2.75, 3.05) is 6.54 Å². The van der Waals surface area contributed by atoms with Crippen LogP contribution < -0.4 is 4.72 Å². The Morgan fingerprint density at radius 2 is 1.61 bits per heavy atom. The van der Waals surface area contributed by atoms with Crippen LogP contribution in [0.3, 0.4) is 0 Å². The molecule has 0 spiro atoms. The Morgan fingerprint density at radius 3 is 2.29 bits per heavy atom. The quantitative estimate of drug-likeness (QED) is 0.299. The van der Waals surface area contributed by atoms with E-state index in [1.807, 2.05) is 0 Å². The van der Waals surface area contributed by atoms with Crippen LogP contribution in [0.2, 0.25) is 5.02 Å². The Labute approximate surface area is 226 Å². The van der Waals surface area contributed by atoms with E-state index < -0.39 is 38.5 Å². The first-order valence-electron chi connectivity index (χ1n) is 11.5. The van der Waals surface area contributed by atoms with Crippen LogP contribution in [0.5, 0.6) is 0 Å². The number of halogens is 1. The third-order valence-corrected chi connectivity index (χ3v) is 9.36. The molecule has 2 N–H and O–H groups in total. The van der Waals surface area contributed by atoms with E-state index in [0.29, 0.717) is 21.7 Å². The van der Waals surface area contributed by atoms with Gasteiger partial charge in [-0.3, -0.25) is 0 Å². The number of hydrogen-bond donors (Lipinski definition) is 2. The fraction of sp³-hybridized carbons (Fsp3) is 0.192. The van der Waals surface area contributed by atoms with Crippen molar-refractivity contribution in [3.8, 4) is 11.1 Å². The smallest absolute Gasteiger partial charge is 0.450 e. The number of ether oxygens (including phenoxy) is 1. The summed E-state index contributed by atoms with van der Waals surface area (Å²) < 4.78 is 62.4. The van der Waals surface area contributed by atoms with E-state index in [4.69, 9.17) is 16.3 Å². The van der Waals surface area contributed by atoms with E-state index in [2.05, 4.69) is 4.72 Å². The minimum Gasteiger partial charge on any atom is -0.450 e. The van der Waals surface area contributed by atoms with Gasteiger partial charge in [-0.2, -0.15) is 4.31 Å². The molecule has 0 saturated heterocycles. The van der Waals surface area contributed by atoms with Gasteiger partial charge in [0.1, 0.15) is 0 Å². The lowest BCUT2D eigenvalue weighted by molar-refractivity contribution is -0.0110. The zero-order chi connectivity index (χ0) is 27.3. The van der Waals surface area contributed by atoms with E-state index in [9.17, 15) is 26.7 Å². The maximum atomic E-state index is 14.0. The number of sulfonamides is 2. The first-order chi connectivity index (χ1) is 18.1. The largest absolute Gasteiger partial charge is 0.507 e. The van der Waals surface area contributed by atoms with Gasteiger partial charge in [-0.1, -0.05) is 84.4 Å². The summed E-state index contributed by atoms with van der Waals surface area (Å²) in [6, 6.07) is 20.1. The molecule has 1 heterocycles. The highest BCUT2D eigenvalue weighted by atomic mass is 35.5. The maximum Gasteiger partial charge on any atom is 0.507 e. The lowest BCUT2D eigenvalue weighted by Gasteiger charge is -2.33. The normalized spacial score (nSPS) is 18.6. The number of nitrogens with one attached hydrogen (secondary N) is 1. The molecule has 2 atom stereocenters.